The molecular weight excluding hydrogens is 172 g/mol. The highest BCUT2D eigenvalue weighted by Crippen LogP contribution is 2.06. The second kappa shape index (κ2) is 7.03. The maximum Gasteiger partial charge on any atom is 0.149 e. The van der Waals surface area contributed by atoms with Gasteiger partial charge in [0.05, 0.1) is 0 Å². The molecule has 0 amide bonds. The fourth-order valence-corrected chi connectivity index (χ4v) is 0.991. The third kappa shape index (κ3) is 4.57. The average molecular weight is 187 g/mol. The lowest BCUT2D eigenvalue weighted by Crippen LogP contribution is -1.92. The monoisotopic (exact) mass is 187 g/mol. The van der Waals surface area contributed by atoms with Gasteiger partial charge in [-0.3, -0.25) is 0 Å². The molecule has 0 aliphatic carbocycles. The van der Waals surface area contributed by atoms with E-state index in [2.05, 4.69) is 24.8 Å². The molecule has 73 valence electrons. The van der Waals surface area contributed by atoms with Gasteiger partial charge in [-0.25, -0.2) is 0 Å². The summed E-state index contributed by atoms with van der Waals surface area (Å²) in [5.74, 6) is 6.88. The Kier molecular flexibility index (Phi) is 5.35. The summed E-state index contributed by atoms with van der Waals surface area (Å²) in [6, 6.07) is 10.4. The lowest BCUT2D eigenvalue weighted by Gasteiger charge is -1.99. The van der Waals surface area contributed by atoms with Gasteiger partial charge in [-0.15, -0.1) is 0 Å². The van der Waals surface area contributed by atoms with E-state index < -0.39 is 0 Å². The molecule has 0 atom stereocenters. The predicted octanol–water partition coefficient (Wildman–Crippen LogP) is 3.06. The zero-order chi connectivity index (χ0) is 10.1. The quantitative estimate of drug-likeness (QED) is 0.520. The Hall–Kier alpha value is -1.42. The molecule has 0 bridgehead atoms. The molecular formula is C13H15O. The molecule has 1 aromatic carbocycles. The molecule has 0 unspecified atom stereocenters. The molecule has 0 saturated carbocycles. The van der Waals surface area contributed by atoms with Crippen LogP contribution in [0.15, 0.2) is 24.3 Å². The molecule has 0 aromatic heterocycles. The molecule has 1 aromatic rings. The summed E-state index contributed by atoms with van der Waals surface area (Å²) < 4.78 is 5.38. The van der Waals surface area contributed by atoms with Crippen molar-refractivity contribution in [3.05, 3.63) is 30.3 Å². The summed E-state index contributed by atoms with van der Waals surface area (Å²) in [5, 5.41) is 0. The third-order valence-corrected chi connectivity index (χ3v) is 1.77. The molecule has 0 saturated heterocycles. The first-order valence-electron chi connectivity index (χ1n) is 4.98. The standard InChI is InChI=1S/C13H15O/c1-2-3-4-5-9-12-14-13-10-7-6-8-11-13/h6-7,10-11H,2-4,12H2,1H3. The number of benzene rings is 1. The van der Waals surface area contributed by atoms with Crippen molar-refractivity contribution in [3.63, 3.8) is 0 Å². The van der Waals surface area contributed by atoms with Crippen LogP contribution in [0.5, 0.6) is 5.75 Å². The van der Waals surface area contributed by atoms with Crippen molar-refractivity contribution >= 4 is 0 Å². The largest absolute Gasteiger partial charge is 0.481 e. The number of ether oxygens (including phenoxy) is 1. The maximum atomic E-state index is 5.38. The molecule has 0 spiro atoms. The Balaban J connectivity index is 2.17. The summed E-state index contributed by atoms with van der Waals surface area (Å²) in [6.07, 6.45) is 3.34. The van der Waals surface area contributed by atoms with Crippen LogP contribution in [0.4, 0.5) is 0 Å². The van der Waals surface area contributed by atoms with Crippen molar-refractivity contribution in [2.24, 2.45) is 0 Å². The SMILES string of the molecule is CCCCC#CCOc1c[c]ccc1. The Morgan fingerprint density at radius 1 is 1.43 bits per heavy atom. The van der Waals surface area contributed by atoms with Crippen molar-refractivity contribution < 1.29 is 4.74 Å². The minimum absolute atomic E-state index is 0.474. The number of hydrogen-bond acceptors (Lipinski definition) is 1. The molecule has 1 radical (unpaired) electrons. The van der Waals surface area contributed by atoms with Crippen LogP contribution in [-0.4, -0.2) is 6.61 Å². The van der Waals surface area contributed by atoms with Gasteiger partial charge in [-0.05, 0) is 24.6 Å². The van der Waals surface area contributed by atoms with E-state index in [1.54, 1.807) is 0 Å². The first-order chi connectivity index (χ1) is 6.93. The van der Waals surface area contributed by atoms with E-state index >= 15 is 0 Å². The summed E-state index contributed by atoms with van der Waals surface area (Å²) in [6.45, 7) is 2.64. The van der Waals surface area contributed by atoms with Crippen LogP contribution >= 0.6 is 0 Å². The maximum absolute atomic E-state index is 5.38. The van der Waals surface area contributed by atoms with Crippen molar-refractivity contribution in [2.45, 2.75) is 26.2 Å². The van der Waals surface area contributed by atoms with E-state index in [0.717, 1.165) is 12.2 Å². The van der Waals surface area contributed by atoms with Crippen molar-refractivity contribution in [2.75, 3.05) is 6.61 Å². The molecule has 0 heterocycles. The summed E-state index contributed by atoms with van der Waals surface area (Å²) in [7, 11) is 0. The number of rotatable bonds is 4. The second-order valence-electron chi connectivity index (χ2n) is 2.98. The van der Waals surface area contributed by atoms with Crippen LogP contribution in [-0.2, 0) is 0 Å². The molecule has 14 heavy (non-hydrogen) atoms. The Morgan fingerprint density at radius 3 is 3.07 bits per heavy atom. The summed E-state index contributed by atoms with van der Waals surface area (Å²) in [4.78, 5) is 0. The third-order valence-electron chi connectivity index (χ3n) is 1.77. The lowest BCUT2D eigenvalue weighted by atomic mass is 10.2. The van der Waals surface area contributed by atoms with Crippen LogP contribution in [0.2, 0.25) is 0 Å². The van der Waals surface area contributed by atoms with Crippen molar-refractivity contribution in [3.8, 4) is 17.6 Å². The normalized spacial score (nSPS) is 8.93. The highest BCUT2D eigenvalue weighted by molar-refractivity contribution is 5.20. The van der Waals surface area contributed by atoms with Gasteiger partial charge in [0.2, 0.25) is 0 Å². The molecule has 1 nitrogen and oxygen atoms in total. The number of hydrogen-bond donors (Lipinski definition) is 0. The van der Waals surface area contributed by atoms with Crippen LogP contribution < -0.4 is 4.74 Å². The zero-order valence-corrected chi connectivity index (χ0v) is 8.55. The van der Waals surface area contributed by atoms with E-state index in [9.17, 15) is 0 Å². The second-order valence-corrected chi connectivity index (χ2v) is 2.98. The molecule has 0 aliphatic rings. The fourth-order valence-electron chi connectivity index (χ4n) is 0.991. The molecule has 0 aliphatic heterocycles. The van der Waals surface area contributed by atoms with Crippen LogP contribution in [0, 0.1) is 17.9 Å². The minimum Gasteiger partial charge on any atom is -0.481 e. The van der Waals surface area contributed by atoms with E-state index in [-0.39, 0.29) is 0 Å². The minimum atomic E-state index is 0.474. The molecule has 0 fully saturated rings. The van der Waals surface area contributed by atoms with E-state index in [0.29, 0.717) is 6.61 Å². The van der Waals surface area contributed by atoms with Gasteiger partial charge in [0.25, 0.3) is 0 Å². The van der Waals surface area contributed by atoms with Gasteiger partial charge in [-0.2, -0.15) is 0 Å². The van der Waals surface area contributed by atoms with Gasteiger partial charge in [0, 0.05) is 6.42 Å². The highest BCUT2D eigenvalue weighted by Gasteiger charge is 1.86. The smallest absolute Gasteiger partial charge is 0.149 e. The molecule has 1 heteroatoms. The van der Waals surface area contributed by atoms with Crippen LogP contribution in [0.1, 0.15) is 26.2 Å². The zero-order valence-electron chi connectivity index (χ0n) is 8.55. The molecule has 0 N–H and O–H groups in total. The van der Waals surface area contributed by atoms with Crippen LogP contribution in [0.3, 0.4) is 0 Å². The Bertz CT molecular complexity index is 292. The fraction of sp³-hybridized carbons (Fsp3) is 0.385. The summed E-state index contributed by atoms with van der Waals surface area (Å²) in [5.41, 5.74) is 0. The van der Waals surface area contributed by atoms with Gasteiger partial charge in [-0.1, -0.05) is 37.3 Å². The average Bonchev–Trinajstić information content (AvgIpc) is 2.25. The number of unbranched alkanes of at least 4 members (excludes halogenated alkanes) is 2. The first kappa shape index (κ1) is 10.7. The van der Waals surface area contributed by atoms with E-state index in [1.165, 1.54) is 12.8 Å². The Labute approximate surface area is 86.1 Å². The van der Waals surface area contributed by atoms with Gasteiger partial charge >= 0.3 is 0 Å². The lowest BCUT2D eigenvalue weighted by molar-refractivity contribution is 0.370. The molecule has 1 rings (SSSR count). The summed E-state index contributed by atoms with van der Waals surface area (Å²) >= 11 is 0. The van der Waals surface area contributed by atoms with Gasteiger partial charge in [0.1, 0.15) is 12.4 Å². The highest BCUT2D eigenvalue weighted by atomic mass is 16.5. The predicted molar refractivity (Wildman–Crippen MR) is 58.1 cm³/mol. The first-order valence-corrected chi connectivity index (χ1v) is 4.98. The topological polar surface area (TPSA) is 9.23 Å². The van der Waals surface area contributed by atoms with Gasteiger partial charge in [0.15, 0.2) is 0 Å². The van der Waals surface area contributed by atoms with Crippen molar-refractivity contribution in [1.82, 2.24) is 0 Å². The van der Waals surface area contributed by atoms with Crippen molar-refractivity contribution in [1.29, 1.82) is 0 Å². The van der Waals surface area contributed by atoms with E-state index in [4.69, 9.17) is 4.74 Å². The Morgan fingerprint density at radius 2 is 2.36 bits per heavy atom. The van der Waals surface area contributed by atoms with E-state index in [1.807, 2.05) is 24.3 Å². The van der Waals surface area contributed by atoms with Crippen LogP contribution in [0.25, 0.3) is 0 Å². The van der Waals surface area contributed by atoms with Gasteiger partial charge < -0.3 is 4.74 Å².